The summed E-state index contributed by atoms with van der Waals surface area (Å²) in [5, 5.41) is 0. The SMILES string of the molecule is CC1CC[C@@H](C(C)C)C(OC(=O)C2OCCS2)C1. The quantitative estimate of drug-likeness (QED) is 0.740. The summed E-state index contributed by atoms with van der Waals surface area (Å²) in [4.78, 5) is 12.0. The highest BCUT2D eigenvalue weighted by Crippen LogP contribution is 2.36. The predicted octanol–water partition coefficient (Wildman–Crippen LogP) is 3.08. The van der Waals surface area contributed by atoms with Crippen LogP contribution in [0.2, 0.25) is 0 Å². The van der Waals surface area contributed by atoms with E-state index in [0.29, 0.717) is 24.4 Å². The Bertz CT molecular complexity index is 287. The molecule has 1 aliphatic carbocycles. The van der Waals surface area contributed by atoms with Crippen molar-refractivity contribution in [1.82, 2.24) is 0 Å². The number of hydrogen-bond donors (Lipinski definition) is 0. The van der Waals surface area contributed by atoms with Crippen molar-refractivity contribution in [3.05, 3.63) is 0 Å². The van der Waals surface area contributed by atoms with Crippen LogP contribution in [-0.2, 0) is 14.3 Å². The highest BCUT2D eigenvalue weighted by atomic mass is 32.2. The van der Waals surface area contributed by atoms with Crippen LogP contribution in [-0.4, -0.2) is 29.9 Å². The van der Waals surface area contributed by atoms with Gasteiger partial charge in [-0.15, -0.1) is 11.8 Å². The van der Waals surface area contributed by atoms with Gasteiger partial charge in [-0.1, -0.05) is 27.2 Å². The van der Waals surface area contributed by atoms with Crippen molar-refractivity contribution in [3.8, 4) is 0 Å². The van der Waals surface area contributed by atoms with E-state index < -0.39 is 0 Å². The first kappa shape index (κ1) is 14.2. The van der Waals surface area contributed by atoms with E-state index in [-0.39, 0.29) is 17.5 Å². The average molecular weight is 272 g/mol. The van der Waals surface area contributed by atoms with E-state index in [1.54, 1.807) is 11.8 Å². The van der Waals surface area contributed by atoms with Crippen molar-refractivity contribution in [1.29, 1.82) is 0 Å². The zero-order valence-corrected chi connectivity index (χ0v) is 12.4. The van der Waals surface area contributed by atoms with Crippen LogP contribution in [0.15, 0.2) is 0 Å². The van der Waals surface area contributed by atoms with Gasteiger partial charge in [0.2, 0.25) is 5.44 Å². The highest BCUT2D eigenvalue weighted by molar-refractivity contribution is 8.00. The molecule has 4 atom stereocenters. The Hall–Kier alpha value is -0.220. The van der Waals surface area contributed by atoms with Crippen LogP contribution in [0.25, 0.3) is 0 Å². The van der Waals surface area contributed by atoms with E-state index in [0.717, 1.165) is 12.2 Å². The first-order valence-electron chi connectivity index (χ1n) is 7.01. The first-order chi connectivity index (χ1) is 8.58. The van der Waals surface area contributed by atoms with Gasteiger partial charge in [0.15, 0.2) is 0 Å². The maximum absolute atomic E-state index is 12.0. The van der Waals surface area contributed by atoms with E-state index in [1.807, 2.05) is 0 Å². The van der Waals surface area contributed by atoms with Crippen LogP contribution in [0.3, 0.4) is 0 Å². The van der Waals surface area contributed by atoms with Gasteiger partial charge in [-0.2, -0.15) is 0 Å². The fourth-order valence-electron chi connectivity index (χ4n) is 2.95. The Morgan fingerprint density at radius 3 is 2.78 bits per heavy atom. The Kier molecular flexibility index (Phi) is 4.96. The third-order valence-corrected chi connectivity index (χ3v) is 5.08. The van der Waals surface area contributed by atoms with Crippen molar-refractivity contribution < 1.29 is 14.3 Å². The molecule has 0 amide bonds. The molecule has 1 saturated heterocycles. The third-order valence-electron chi connectivity index (χ3n) is 4.04. The fourth-order valence-corrected chi connectivity index (χ4v) is 3.74. The number of ether oxygens (including phenoxy) is 2. The van der Waals surface area contributed by atoms with Crippen LogP contribution >= 0.6 is 11.8 Å². The smallest absolute Gasteiger partial charge is 0.346 e. The van der Waals surface area contributed by atoms with Gasteiger partial charge >= 0.3 is 5.97 Å². The normalized spacial score (nSPS) is 36.9. The van der Waals surface area contributed by atoms with Gasteiger partial charge in [0.1, 0.15) is 6.10 Å². The fraction of sp³-hybridized carbons (Fsp3) is 0.929. The molecule has 2 rings (SSSR count). The summed E-state index contributed by atoms with van der Waals surface area (Å²) in [6, 6.07) is 0. The molecule has 0 radical (unpaired) electrons. The van der Waals surface area contributed by atoms with Gasteiger partial charge in [-0.05, 0) is 30.6 Å². The molecule has 1 heterocycles. The van der Waals surface area contributed by atoms with Crippen LogP contribution in [0, 0.1) is 17.8 Å². The lowest BCUT2D eigenvalue weighted by Gasteiger charge is -2.37. The largest absolute Gasteiger partial charge is 0.459 e. The number of hydrogen-bond acceptors (Lipinski definition) is 4. The van der Waals surface area contributed by atoms with E-state index in [4.69, 9.17) is 9.47 Å². The second-order valence-corrected chi connectivity index (χ2v) is 7.04. The van der Waals surface area contributed by atoms with E-state index in [9.17, 15) is 4.79 Å². The Morgan fingerprint density at radius 2 is 2.17 bits per heavy atom. The Labute approximate surface area is 114 Å². The second kappa shape index (κ2) is 6.29. The Morgan fingerprint density at radius 1 is 1.39 bits per heavy atom. The van der Waals surface area contributed by atoms with Crippen LogP contribution in [0.5, 0.6) is 0 Å². The molecule has 3 nitrogen and oxygen atoms in total. The average Bonchev–Trinajstić information content (AvgIpc) is 2.81. The van der Waals surface area contributed by atoms with Crippen molar-refractivity contribution in [2.45, 2.75) is 51.6 Å². The summed E-state index contributed by atoms with van der Waals surface area (Å²) >= 11 is 1.55. The molecule has 1 saturated carbocycles. The molecule has 0 spiro atoms. The highest BCUT2D eigenvalue weighted by Gasteiger charge is 2.36. The molecule has 0 aromatic heterocycles. The molecule has 2 aliphatic rings. The number of carbonyl (C=O) groups is 1. The minimum atomic E-state index is -0.380. The summed E-state index contributed by atoms with van der Waals surface area (Å²) in [5.74, 6) is 2.48. The number of carbonyl (C=O) groups excluding carboxylic acids is 1. The van der Waals surface area contributed by atoms with E-state index in [2.05, 4.69) is 20.8 Å². The van der Waals surface area contributed by atoms with Gasteiger partial charge in [0.25, 0.3) is 0 Å². The first-order valence-corrected chi connectivity index (χ1v) is 8.06. The van der Waals surface area contributed by atoms with Crippen molar-refractivity contribution in [2.75, 3.05) is 12.4 Å². The number of esters is 1. The molecular formula is C14H24O3S. The van der Waals surface area contributed by atoms with Gasteiger partial charge in [0, 0.05) is 5.75 Å². The van der Waals surface area contributed by atoms with Crippen molar-refractivity contribution in [3.63, 3.8) is 0 Å². The topological polar surface area (TPSA) is 35.5 Å². The molecule has 2 fully saturated rings. The maximum atomic E-state index is 12.0. The Balaban J connectivity index is 1.93. The van der Waals surface area contributed by atoms with E-state index in [1.165, 1.54) is 12.8 Å². The second-order valence-electron chi connectivity index (χ2n) is 5.87. The molecule has 1 aliphatic heterocycles. The van der Waals surface area contributed by atoms with Crippen molar-refractivity contribution >= 4 is 17.7 Å². The molecular weight excluding hydrogens is 248 g/mol. The summed E-state index contributed by atoms with van der Waals surface area (Å²) < 4.78 is 11.1. The molecule has 3 unspecified atom stereocenters. The lowest BCUT2D eigenvalue weighted by Crippen LogP contribution is -2.37. The van der Waals surface area contributed by atoms with Crippen molar-refractivity contribution in [2.24, 2.45) is 17.8 Å². The van der Waals surface area contributed by atoms with Gasteiger partial charge in [0.05, 0.1) is 6.61 Å². The summed E-state index contributed by atoms with van der Waals surface area (Å²) in [6.07, 6.45) is 3.53. The summed E-state index contributed by atoms with van der Waals surface area (Å²) in [5.41, 5.74) is -0.380. The van der Waals surface area contributed by atoms with Gasteiger partial charge < -0.3 is 9.47 Å². The molecule has 18 heavy (non-hydrogen) atoms. The van der Waals surface area contributed by atoms with Crippen LogP contribution in [0.1, 0.15) is 40.0 Å². The third kappa shape index (κ3) is 3.41. The number of thioether (sulfide) groups is 1. The molecule has 0 aromatic carbocycles. The minimum absolute atomic E-state index is 0.0889. The predicted molar refractivity (Wildman–Crippen MR) is 73.4 cm³/mol. The molecule has 4 heteroatoms. The van der Waals surface area contributed by atoms with Crippen LogP contribution in [0.4, 0.5) is 0 Å². The molecule has 0 aromatic rings. The lowest BCUT2D eigenvalue weighted by atomic mass is 9.75. The van der Waals surface area contributed by atoms with Gasteiger partial charge in [-0.3, -0.25) is 0 Å². The van der Waals surface area contributed by atoms with Gasteiger partial charge in [-0.25, -0.2) is 4.79 Å². The summed E-state index contributed by atoms with van der Waals surface area (Å²) in [6.45, 7) is 7.36. The monoisotopic (exact) mass is 272 g/mol. The van der Waals surface area contributed by atoms with Crippen LogP contribution < -0.4 is 0 Å². The lowest BCUT2D eigenvalue weighted by molar-refractivity contribution is -0.162. The standard InChI is InChI=1S/C14H24O3S/c1-9(2)11-5-4-10(3)8-12(11)17-13(15)14-16-6-7-18-14/h9-12,14H,4-8H2,1-3H3/t10?,11-,12?,14?/m0/s1. The maximum Gasteiger partial charge on any atom is 0.346 e. The number of rotatable bonds is 3. The van der Waals surface area contributed by atoms with E-state index >= 15 is 0 Å². The minimum Gasteiger partial charge on any atom is -0.459 e. The zero-order valence-electron chi connectivity index (χ0n) is 11.6. The zero-order chi connectivity index (χ0) is 13.1. The molecule has 0 N–H and O–H groups in total. The molecule has 104 valence electrons. The summed E-state index contributed by atoms with van der Waals surface area (Å²) in [7, 11) is 0. The molecule has 0 bridgehead atoms.